The average molecular weight is 251 g/mol. The van der Waals surface area contributed by atoms with Crippen LogP contribution in [0.5, 0.6) is 0 Å². The van der Waals surface area contributed by atoms with E-state index in [1.165, 1.54) is 0 Å². The first-order chi connectivity index (χ1) is 9.16. The SMILES string of the molecule is Cc1ccccc1/C=C/C(=O)Nc1ccccc1C. The number of anilines is 1. The van der Waals surface area contributed by atoms with Gasteiger partial charge in [-0.15, -0.1) is 0 Å². The second kappa shape index (κ2) is 6.01. The van der Waals surface area contributed by atoms with E-state index in [-0.39, 0.29) is 5.91 Å². The van der Waals surface area contributed by atoms with Crippen molar-refractivity contribution in [2.75, 3.05) is 5.32 Å². The number of amides is 1. The molecule has 1 amide bonds. The summed E-state index contributed by atoms with van der Waals surface area (Å²) in [4.78, 5) is 11.9. The number of aryl methyl sites for hydroxylation is 2. The molecule has 0 aromatic heterocycles. The van der Waals surface area contributed by atoms with Crippen LogP contribution in [0.2, 0.25) is 0 Å². The highest BCUT2D eigenvalue weighted by atomic mass is 16.1. The van der Waals surface area contributed by atoms with Gasteiger partial charge in [-0.25, -0.2) is 0 Å². The third-order valence-corrected chi connectivity index (χ3v) is 3.01. The molecule has 0 aliphatic heterocycles. The van der Waals surface area contributed by atoms with Gasteiger partial charge >= 0.3 is 0 Å². The van der Waals surface area contributed by atoms with Crippen molar-refractivity contribution in [2.45, 2.75) is 13.8 Å². The van der Waals surface area contributed by atoms with Crippen LogP contribution < -0.4 is 5.32 Å². The maximum absolute atomic E-state index is 11.9. The monoisotopic (exact) mass is 251 g/mol. The molecule has 0 heterocycles. The molecular weight excluding hydrogens is 234 g/mol. The van der Waals surface area contributed by atoms with E-state index in [1.54, 1.807) is 6.08 Å². The first-order valence-corrected chi connectivity index (χ1v) is 6.27. The summed E-state index contributed by atoms with van der Waals surface area (Å²) in [5.41, 5.74) is 4.12. The van der Waals surface area contributed by atoms with Gasteiger partial charge in [0.25, 0.3) is 0 Å². The minimum atomic E-state index is -0.113. The van der Waals surface area contributed by atoms with E-state index in [9.17, 15) is 4.79 Å². The molecular formula is C17H17NO. The van der Waals surface area contributed by atoms with Crippen molar-refractivity contribution < 1.29 is 4.79 Å². The number of para-hydroxylation sites is 1. The average Bonchev–Trinajstić information content (AvgIpc) is 2.40. The van der Waals surface area contributed by atoms with Gasteiger partial charge in [-0.1, -0.05) is 42.5 Å². The summed E-state index contributed by atoms with van der Waals surface area (Å²) in [7, 11) is 0. The Morgan fingerprint density at radius 3 is 2.26 bits per heavy atom. The lowest BCUT2D eigenvalue weighted by Gasteiger charge is -2.05. The number of carbonyl (C=O) groups is 1. The largest absolute Gasteiger partial charge is 0.322 e. The molecule has 2 heteroatoms. The van der Waals surface area contributed by atoms with Crippen LogP contribution in [0.1, 0.15) is 16.7 Å². The van der Waals surface area contributed by atoms with Crippen LogP contribution in [-0.4, -0.2) is 5.91 Å². The summed E-state index contributed by atoms with van der Waals surface area (Å²) in [6.07, 6.45) is 3.40. The van der Waals surface area contributed by atoms with Crippen molar-refractivity contribution in [3.05, 3.63) is 71.3 Å². The Hall–Kier alpha value is -2.35. The van der Waals surface area contributed by atoms with Gasteiger partial charge < -0.3 is 5.32 Å². The Morgan fingerprint density at radius 2 is 1.58 bits per heavy atom. The first kappa shape index (κ1) is 13.1. The third kappa shape index (κ3) is 3.55. The van der Waals surface area contributed by atoms with Crippen LogP contribution in [0.4, 0.5) is 5.69 Å². The lowest BCUT2D eigenvalue weighted by molar-refractivity contribution is -0.111. The molecule has 0 bridgehead atoms. The minimum Gasteiger partial charge on any atom is -0.322 e. The molecule has 0 aliphatic rings. The van der Waals surface area contributed by atoms with Gasteiger partial charge in [-0.3, -0.25) is 4.79 Å². The van der Waals surface area contributed by atoms with Gasteiger partial charge in [0, 0.05) is 11.8 Å². The van der Waals surface area contributed by atoms with E-state index < -0.39 is 0 Å². The summed E-state index contributed by atoms with van der Waals surface area (Å²) in [6.45, 7) is 4.00. The molecule has 0 unspecified atom stereocenters. The van der Waals surface area contributed by atoms with Crippen LogP contribution in [0.3, 0.4) is 0 Å². The first-order valence-electron chi connectivity index (χ1n) is 6.27. The molecule has 96 valence electrons. The molecule has 2 aromatic rings. The molecule has 0 fully saturated rings. The van der Waals surface area contributed by atoms with E-state index in [4.69, 9.17) is 0 Å². The smallest absolute Gasteiger partial charge is 0.248 e. The minimum absolute atomic E-state index is 0.113. The van der Waals surface area contributed by atoms with Gasteiger partial charge in [-0.2, -0.15) is 0 Å². The van der Waals surface area contributed by atoms with Crippen LogP contribution in [0.15, 0.2) is 54.6 Å². The van der Waals surface area contributed by atoms with E-state index in [1.807, 2.05) is 68.5 Å². The maximum Gasteiger partial charge on any atom is 0.248 e. The fraction of sp³-hybridized carbons (Fsp3) is 0.118. The molecule has 2 nitrogen and oxygen atoms in total. The lowest BCUT2D eigenvalue weighted by Crippen LogP contribution is -2.08. The predicted octanol–water partition coefficient (Wildman–Crippen LogP) is 3.96. The van der Waals surface area contributed by atoms with Crippen molar-refractivity contribution in [3.8, 4) is 0 Å². The van der Waals surface area contributed by atoms with Crippen molar-refractivity contribution in [1.82, 2.24) is 0 Å². The second-order valence-electron chi connectivity index (χ2n) is 4.49. The molecule has 0 atom stereocenters. The van der Waals surface area contributed by atoms with Crippen LogP contribution in [0.25, 0.3) is 6.08 Å². The molecule has 0 saturated heterocycles. The van der Waals surface area contributed by atoms with Crippen molar-refractivity contribution >= 4 is 17.7 Å². The quantitative estimate of drug-likeness (QED) is 0.822. The Balaban J connectivity index is 2.06. The molecule has 19 heavy (non-hydrogen) atoms. The summed E-state index contributed by atoms with van der Waals surface area (Å²) in [5.74, 6) is -0.113. The molecule has 0 saturated carbocycles. The van der Waals surface area contributed by atoms with Gasteiger partial charge in [-0.05, 0) is 42.7 Å². The highest BCUT2D eigenvalue weighted by molar-refractivity contribution is 6.02. The molecule has 0 spiro atoms. The Morgan fingerprint density at radius 1 is 0.947 bits per heavy atom. The third-order valence-electron chi connectivity index (χ3n) is 3.01. The van der Waals surface area contributed by atoms with Crippen LogP contribution >= 0.6 is 0 Å². The summed E-state index contributed by atoms with van der Waals surface area (Å²) < 4.78 is 0. The van der Waals surface area contributed by atoms with E-state index in [2.05, 4.69) is 5.32 Å². The predicted molar refractivity (Wildman–Crippen MR) is 80.0 cm³/mol. The fourth-order valence-electron chi connectivity index (χ4n) is 1.83. The second-order valence-corrected chi connectivity index (χ2v) is 4.49. The van der Waals surface area contributed by atoms with Crippen LogP contribution in [-0.2, 0) is 4.79 Å². The summed E-state index contributed by atoms with van der Waals surface area (Å²) >= 11 is 0. The molecule has 2 aromatic carbocycles. The van der Waals surface area contributed by atoms with Gasteiger partial charge in [0.15, 0.2) is 0 Å². The molecule has 2 rings (SSSR count). The van der Waals surface area contributed by atoms with Gasteiger partial charge in [0.05, 0.1) is 0 Å². The standard InChI is InChI=1S/C17H17NO/c1-13-7-3-5-9-15(13)11-12-17(19)18-16-10-6-4-8-14(16)2/h3-12H,1-2H3,(H,18,19)/b12-11+. The molecule has 0 aliphatic carbocycles. The Labute approximate surface area is 113 Å². The Bertz CT molecular complexity index is 614. The Kier molecular flexibility index (Phi) is 4.14. The number of nitrogens with one attached hydrogen (secondary N) is 1. The summed E-state index contributed by atoms with van der Waals surface area (Å²) in [5, 5.41) is 2.87. The lowest BCUT2D eigenvalue weighted by atomic mass is 10.1. The molecule has 0 radical (unpaired) electrons. The number of carbonyl (C=O) groups excluding carboxylic acids is 1. The molecule has 1 N–H and O–H groups in total. The van der Waals surface area contributed by atoms with Crippen molar-refractivity contribution in [1.29, 1.82) is 0 Å². The number of hydrogen-bond donors (Lipinski definition) is 1. The highest BCUT2D eigenvalue weighted by Crippen LogP contribution is 2.13. The van der Waals surface area contributed by atoms with E-state index >= 15 is 0 Å². The fourth-order valence-corrected chi connectivity index (χ4v) is 1.83. The highest BCUT2D eigenvalue weighted by Gasteiger charge is 2.00. The zero-order chi connectivity index (χ0) is 13.7. The number of hydrogen-bond acceptors (Lipinski definition) is 1. The zero-order valence-corrected chi connectivity index (χ0v) is 11.2. The normalized spacial score (nSPS) is 10.6. The number of benzene rings is 2. The van der Waals surface area contributed by atoms with Gasteiger partial charge in [0.2, 0.25) is 5.91 Å². The van der Waals surface area contributed by atoms with E-state index in [0.29, 0.717) is 0 Å². The van der Waals surface area contributed by atoms with E-state index in [0.717, 1.165) is 22.4 Å². The zero-order valence-electron chi connectivity index (χ0n) is 11.2. The van der Waals surface area contributed by atoms with Crippen molar-refractivity contribution in [3.63, 3.8) is 0 Å². The van der Waals surface area contributed by atoms with Crippen LogP contribution in [0, 0.1) is 13.8 Å². The maximum atomic E-state index is 11.9. The van der Waals surface area contributed by atoms with Crippen molar-refractivity contribution in [2.24, 2.45) is 0 Å². The number of rotatable bonds is 3. The van der Waals surface area contributed by atoms with Gasteiger partial charge in [0.1, 0.15) is 0 Å². The summed E-state index contributed by atoms with van der Waals surface area (Å²) in [6, 6.07) is 15.7. The topological polar surface area (TPSA) is 29.1 Å².